The maximum atomic E-state index is 10.2. The summed E-state index contributed by atoms with van der Waals surface area (Å²) in [7, 11) is 0. The molecule has 0 saturated carbocycles. The monoisotopic (exact) mass is 260 g/mol. The molecule has 5 heteroatoms. The molecule has 3 rings (SSSR count). The maximum Gasteiger partial charge on any atom is 0.137 e. The number of aryl methyl sites for hydroxylation is 2. The SMILES string of the molecule is CC1(C)Cc2c(ccn2CCc2ncn[nH]2)C(O)C1. The number of hydrogen-bond donors (Lipinski definition) is 2. The molecule has 0 saturated heterocycles. The van der Waals surface area contributed by atoms with Gasteiger partial charge in [-0.2, -0.15) is 5.10 Å². The summed E-state index contributed by atoms with van der Waals surface area (Å²) in [6.45, 7) is 5.30. The van der Waals surface area contributed by atoms with Crippen molar-refractivity contribution in [2.75, 3.05) is 0 Å². The second-order valence-electron chi connectivity index (χ2n) is 6.15. The van der Waals surface area contributed by atoms with Crippen molar-refractivity contribution in [1.82, 2.24) is 19.7 Å². The average molecular weight is 260 g/mol. The third kappa shape index (κ3) is 2.42. The lowest BCUT2D eigenvalue weighted by Gasteiger charge is -2.33. The predicted octanol–water partition coefficient (Wildman–Crippen LogP) is 1.85. The minimum absolute atomic E-state index is 0.161. The van der Waals surface area contributed by atoms with Crippen LogP contribution in [0.1, 0.15) is 43.5 Å². The van der Waals surface area contributed by atoms with Gasteiger partial charge in [-0.05, 0) is 24.3 Å². The third-order valence-electron chi connectivity index (χ3n) is 3.92. The molecule has 0 aromatic carbocycles. The van der Waals surface area contributed by atoms with Gasteiger partial charge >= 0.3 is 0 Å². The van der Waals surface area contributed by atoms with E-state index in [1.807, 2.05) is 0 Å². The molecule has 0 amide bonds. The van der Waals surface area contributed by atoms with Crippen LogP contribution in [-0.4, -0.2) is 24.9 Å². The van der Waals surface area contributed by atoms with E-state index in [0.29, 0.717) is 0 Å². The number of rotatable bonds is 3. The average Bonchev–Trinajstić information content (AvgIpc) is 2.93. The van der Waals surface area contributed by atoms with Crippen molar-refractivity contribution in [3.05, 3.63) is 35.7 Å². The van der Waals surface area contributed by atoms with E-state index < -0.39 is 0 Å². The van der Waals surface area contributed by atoms with E-state index in [0.717, 1.165) is 37.2 Å². The summed E-state index contributed by atoms with van der Waals surface area (Å²) in [5, 5.41) is 17.0. The summed E-state index contributed by atoms with van der Waals surface area (Å²) in [6.07, 6.45) is 5.97. The molecule has 0 bridgehead atoms. The highest BCUT2D eigenvalue weighted by molar-refractivity contribution is 5.29. The summed E-state index contributed by atoms with van der Waals surface area (Å²) in [5.41, 5.74) is 2.52. The van der Waals surface area contributed by atoms with Crippen LogP contribution in [0.25, 0.3) is 0 Å². The molecular weight excluding hydrogens is 240 g/mol. The van der Waals surface area contributed by atoms with Crippen molar-refractivity contribution in [2.45, 2.75) is 45.8 Å². The van der Waals surface area contributed by atoms with Crippen LogP contribution in [-0.2, 0) is 19.4 Å². The van der Waals surface area contributed by atoms with Gasteiger partial charge < -0.3 is 9.67 Å². The first kappa shape index (κ1) is 12.4. The van der Waals surface area contributed by atoms with Crippen molar-refractivity contribution in [1.29, 1.82) is 0 Å². The Hall–Kier alpha value is -1.62. The third-order valence-corrected chi connectivity index (χ3v) is 3.92. The number of hydrogen-bond acceptors (Lipinski definition) is 3. The summed E-state index contributed by atoms with van der Waals surface area (Å²) in [6, 6.07) is 2.05. The van der Waals surface area contributed by atoms with Crippen molar-refractivity contribution < 1.29 is 5.11 Å². The van der Waals surface area contributed by atoms with Gasteiger partial charge in [0.25, 0.3) is 0 Å². The Morgan fingerprint density at radius 3 is 3.11 bits per heavy atom. The van der Waals surface area contributed by atoms with Gasteiger partial charge in [-0.3, -0.25) is 5.10 Å². The van der Waals surface area contributed by atoms with Gasteiger partial charge in [-0.1, -0.05) is 13.8 Å². The molecule has 1 unspecified atom stereocenters. The fraction of sp³-hybridized carbons (Fsp3) is 0.571. The highest BCUT2D eigenvalue weighted by atomic mass is 16.3. The normalized spacial score (nSPS) is 21.3. The van der Waals surface area contributed by atoms with Crippen molar-refractivity contribution in [2.24, 2.45) is 5.41 Å². The highest BCUT2D eigenvalue weighted by Gasteiger charge is 2.33. The van der Waals surface area contributed by atoms with Crippen LogP contribution in [0.2, 0.25) is 0 Å². The van der Waals surface area contributed by atoms with E-state index >= 15 is 0 Å². The first-order valence-corrected chi connectivity index (χ1v) is 6.75. The minimum Gasteiger partial charge on any atom is -0.388 e. The molecule has 5 nitrogen and oxygen atoms in total. The van der Waals surface area contributed by atoms with Gasteiger partial charge in [0, 0.05) is 30.4 Å². The first-order chi connectivity index (χ1) is 9.05. The maximum absolute atomic E-state index is 10.2. The molecule has 0 spiro atoms. The standard InChI is InChI=1S/C14H20N4O/c1-14(2)7-11-10(12(19)8-14)3-5-18(11)6-4-13-15-9-16-17-13/h3,5,9,12,19H,4,6-8H2,1-2H3,(H,15,16,17). The molecule has 2 N–H and O–H groups in total. The molecule has 2 heterocycles. The van der Waals surface area contributed by atoms with E-state index in [9.17, 15) is 5.11 Å². The Kier molecular flexibility index (Phi) is 2.93. The number of aromatic nitrogens is 4. The zero-order valence-electron chi connectivity index (χ0n) is 11.4. The van der Waals surface area contributed by atoms with Crippen LogP contribution >= 0.6 is 0 Å². The van der Waals surface area contributed by atoms with Gasteiger partial charge in [0.15, 0.2) is 0 Å². The van der Waals surface area contributed by atoms with Crippen LogP contribution < -0.4 is 0 Å². The lowest BCUT2D eigenvalue weighted by atomic mass is 9.75. The Bertz CT molecular complexity index is 556. The fourth-order valence-electron chi connectivity index (χ4n) is 2.98. The molecule has 2 aromatic heterocycles. The number of fused-ring (bicyclic) bond motifs is 1. The molecule has 1 aliphatic carbocycles. The Balaban J connectivity index is 1.80. The van der Waals surface area contributed by atoms with E-state index in [2.05, 4.69) is 45.9 Å². The Morgan fingerprint density at radius 2 is 2.37 bits per heavy atom. The Morgan fingerprint density at radius 1 is 1.53 bits per heavy atom. The van der Waals surface area contributed by atoms with E-state index in [1.54, 1.807) is 0 Å². The predicted molar refractivity (Wildman–Crippen MR) is 71.6 cm³/mol. The number of nitrogens with zero attached hydrogens (tertiary/aromatic N) is 3. The molecular formula is C14H20N4O. The number of aromatic amines is 1. The second kappa shape index (κ2) is 4.49. The number of H-pyrrole nitrogens is 1. The largest absolute Gasteiger partial charge is 0.388 e. The minimum atomic E-state index is -0.328. The van der Waals surface area contributed by atoms with Gasteiger partial charge in [-0.15, -0.1) is 0 Å². The van der Waals surface area contributed by atoms with Crippen molar-refractivity contribution in [3.63, 3.8) is 0 Å². The van der Waals surface area contributed by atoms with Crippen molar-refractivity contribution >= 4 is 0 Å². The van der Waals surface area contributed by atoms with Gasteiger partial charge in [-0.25, -0.2) is 4.98 Å². The number of aliphatic hydroxyl groups is 1. The number of aliphatic hydroxyl groups excluding tert-OH is 1. The van der Waals surface area contributed by atoms with Crippen LogP contribution in [0.3, 0.4) is 0 Å². The zero-order valence-corrected chi connectivity index (χ0v) is 11.4. The van der Waals surface area contributed by atoms with E-state index in [4.69, 9.17) is 0 Å². The lowest BCUT2D eigenvalue weighted by molar-refractivity contribution is 0.0979. The van der Waals surface area contributed by atoms with Gasteiger partial charge in [0.2, 0.25) is 0 Å². The first-order valence-electron chi connectivity index (χ1n) is 6.75. The zero-order chi connectivity index (χ0) is 13.5. The summed E-state index contributed by atoms with van der Waals surface area (Å²) in [5.74, 6) is 0.901. The summed E-state index contributed by atoms with van der Waals surface area (Å²) < 4.78 is 2.24. The highest BCUT2D eigenvalue weighted by Crippen LogP contribution is 2.41. The smallest absolute Gasteiger partial charge is 0.137 e. The van der Waals surface area contributed by atoms with Crippen LogP contribution in [0.15, 0.2) is 18.6 Å². The molecule has 1 atom stereocenters. The van der Waals surface area contributed by atoms with Crippen LogP contribution in [0.4, 0.5) is 0 Å². The van der Waals surface area contributed by atoms with E-state index in [-0.39, 0.29) is 11.5 Å². The fourth-order valence-corrected chi connectivity index (χ4v) is 2.98. The van der Waals surface area contributed by atoms with Crippen molar-refractivity contribution in [3.8, 4) is 0 Å². The van der Waals surface area contributed by atoms with E-state index in [1.165, 1.54) is 12.0 Å². The molecule has 0 radical (unpaired) electrons. The molecule has 1 aliphatic rings. The Labute approximate surface area is 112 Å². The second-order valence-corrected chi connectivity index (χ2v) is 6.15. The molecule has 0 fully saturated rings. The number of nitrogens with one attached hydrogen (secondary N) is 1. The molecule has 19 heavy (non-hydrogen) atoms. The summed E-state index contributed by atoms with van der Waals surface area (Å²) in [4.78, 5) is 4.14. The molecule has 0 aliphatic heterocycles. The quantitative estimate of drug-likeness (QED) is 0.885. The summed E-state index contributed by atoms with van der Waals surface area (Å²) >= 11 is 0. The molecule has 2 aromatic rings. The van der Waals surface area contributed by atoms with Gasteiger partial charge in [0.1, 0.15) is 12.2 Å². The van der Waals surface area contributed by atoms with Crippen LogP contribution in [0, 0.1) is 5.41 Å². The van der Waals surface area contributed by atoms with Gasteiger partial charge in [0.05, 0.1) is 6.10 Å². The van der Waals surface area contributed by atoms with Crippen LogP contribution in [0.5, 0.6) is 0 Å². The molecule has 102 valence electrons. The topological polar surface area (TPSA) is 66.7 Å². The lowest BCUT2D eigenvalue weighted by Crippen LogP contribution is -2.27.